The minimum absolute atomic E-state index is 0.154. The summed E-state index contributed by atoms with van der Waals surface area (Å²) in [6, 6.07) is 17.6. The first-order valence-electron chi connectivity index (χ1n) is 10.3. The van der Waals surface area contributed by atoms with Gasteiger partial charge in [0.15, 0.2) is 11.5 Å². The van der Waals surface area contributed by atoms with E-state index in [1.165, 1.54) is 12.1 Å². The summed E-state index contributed by atoms with van der Waals surface area (Å²) in [7, 11) is -4.03. The Balaban J connectivity index is 1.43. The van der Waals surface area contributed by atoms with Crippen molar-refractivity contribution in [2.75, 3.05) is 4.72 Å². The quantitative estimate of drug-likeness (QED) is 0.281. The first-order chi connectivity index (χ1) is 16.8. The normalized spacial score (nSPS) is 11.5. The van der Waals surface area contributed by atoms with E-state index in [9.17, 15) is 18.5 Å². The van der Waals surface area contributed by atoms with E-state index in [4.69, 9.17) is 0 Å². The van der Waals surface area contributed by atoms with Gasteiger partial charge in [-0.2, -0.15) is 9.61 Å². The zero-order valence-corrected chi connectivity index (χ0v) is 19.0. The number of fused-ring (bicyclic) bond motifs is 1. The summed E-state index contributed by atoms with van der Waals surface area (Å²) in [4.78, 5) is 14.4. The first-order valence-corrected chi connectivity index (χ1v) is 11.8. The average Bonchev–Trinajstić information content (AvgIpc) is 3.28. The molecule has 0 saturated heterocycles. The Kier molecular flexibility index (Phi) is 5.41. The van der Waals surface area contributed by atoms with Crippen LogP contribution in [0.1, 0.15) is 5.56 Å². The van der Waals surface area contributed by atoms with Crippen molar-refractivity contribution in [3.05, 3.63) is 94.8 Å². The molecular formula is C23H17N7O4S. The van der Waals surface area contributed by atoms with Gasteiger partial charge in [0.2, 0.25) is 0 Å². The zero-order valence-electron chi connectivity index (χ0n) is 18.2. The maximum Gasteiger partial charge on any atom is 0.270 e. The highest BCUT2D eigenvalue weighted by atomic mass is 32.2. The molecule has 0 spiro atoms. The molecule has 0 atom stereocenters. The van der Waals surface area contributed by atoms with Crippen LogP contribution in [0.25, 0.3) is 28.3 Å². The van der Waals surface area contributed by atoms with Crippen LogP contribution in [0.5, 0.6) is 0 Å². The third kappa shape index (κ3) is 4.29. The first kappa shape index (κ1) is 22.1. The molecule has 0 bridgehead atoms. The molecule has 0 aliphatic heterocycles. The lowest BCUT2D eigenvalue weighted by Gasteiger charge is -2.11. The van der Waals surface area contributed by atoms with E-state index in [0.29, 0.717) is 28.4 Å². The van der Waals surface area contributed by atoms with Crippen molar-refractivity contribution >= 4 is 27.0 Å². The number of nitrogens with one attached hydrogen (secondary N) is 1. The van der Waals surface area contributed by atoms with Gasteiger partial charge in [0.05, 0.1) is 15.5 Å². The van der Waals surface area contributed by atoms with Crippen LogP contribution >= 0.6 is 0 Å². The number of nitrogens with zero attached hydrogens (tertiary/aromatic N) is 6. The Morgan fingerprint density at radius 2 is 1.77 bits per heavy atom. The second-order valence-electron chi connectivity index (χ2n) is 7.64. The number of aromatic nitrogens is 5. The van der Waals surface area contributed by atoms with Crippen LogP contribution in [0.15, 0.2) is 84.0 Å². The highest BCUT2D eigenvalue weighted by molar-refractivity contribution is 7.92. The molecule has 35 heavy (non-hydrogen) atoms. The molecule has 0 aliphatic rings. The number of rotatable bonds is 6. The van der Waals surface area contributed by atoms with E-state index in [-0.39, 0.29) is 10.6 Å². The SMILES string of the molecule is Cc1ccc([N+](=O)[O-])cc1S(=O)(=O)Nc1ccc(-c2ccc3nnc(-c4cccnc4)n3n2)cc1. The second-order valence-corrected chi connectivity index (χ2v) is 9.29. The van der Waals surface area contributed by atoms with Crippen LogP contribution in [0.4, 0.5) is 11.4 Å². The van der Waals surface area contributed by atoms with Gasteiger partial charge in [0.25, 0.3) is 15.7 Å². The minimum Gasteiger partial charge on any atom is -0.280 e. The summed E-state index contributed by atoms with van der Waals surface area (Å²) in [6.45, 7) is 1.58. The Morgan fingerprint density at radius 3 is 2.49 bits per heavy atom. The second kappa shape index (κ2) is 8.57. The molecule has 2 aromatic carbocycles. The molecule has 3 aromatic heterocycles. The maximum atomic E-state index is 12.9. The topological polar surface area (TPSA) is 145 Å². The van der Waals surface area contributed by atoms with Gasteiger partial charge in [0.1, 0.15) is 0 Å². The summed E-state index contributed by atoms with van der Waals surface area (Å²) in [5.41, 5.74) is 3.12. The van der Waals surface area contributed by atoms with Gasteiger partial charge in [-0.05, 0) is 48.9 Å². The Labute approximate surface area is 199 Å². The highest BCUT2D eigenvalue weighted by Gasteiger charge is 2.21. The third-order valence-electron chi connectivity index (χ3n) is 5.29. The zero-order chi connectivity index (χ0) is 24.6. The lowest BCUT2D eigenvalue weighted by molar-refractivity contribution is -0.385. The van der Waals surface area contributed by atoms with Gasteiger partial charge in [-0.15, -0.1) is 10.2 Å². The van der Waals surface area contributed by atoms with Crippen molar-refractivity contribution in [1.29, 1.82) is 0 Å². The largest absolute Gasteiger partial charge is 0.280 e. The molecule has 0 aliphatic carbocycles. The number of aryl methyl sites for hydroxylation is 1. The molecule has 0 fully saturated rings. The van der Waals surface area contributed by atoms with Gasteiger partial charge in [0, 0.05) is 41.3 Å². The standard InChI is InChI=1S/C23H17N7O4S/c1-15-4-9-19(30(31)32)13-21(15)35(33,34)28-18-7-5-16(6-8-18)20-10-11-22-25-26-23(29(22)27-20)17-3-2-12-24-14-17/h2-14,28H,1H3. The van der Waals surface area contributed by atoms with Crippen LogP contribution in [0.2, 0.25) is 0 Å². The fraction of sp³-hybridized carbons (Fsp3) is 0.0435. The fourth-order valence-corrected chi connectivity index (χ4v) is 4.85. The maximum absolute atomic E-state index is 12.9. The molecule has 174 valence electrons. The predicted molar refractivity (Wildman–Crippen MR) is 128 cm³/mol. The molecule has 12 heteroatoms. The molecule has 3 heterocycles. The Bertz CT molecular complexity index is 1670. The van der Waals surface area contributed by atoms with E-state index < -0.39 is 14.9 Å². The number of anilines is 1. The van der Waals surface area contributed by atoms with E-state index in [1.807, 2.05) is 6.07 Å². The van der Waals surface area contributed by atoms with Crippen LogP contribution in [0, 0.1) is 17.0 Å². The number of pyridine rings is 1. The summed E-state index contributed by atoms with van der Waals surface area (Å²) >= 11 is 0. The number of hydrogen-bond donors (Lipinski definition) is 1. The minimum atomic E-state index is -4.03. The van der Waals surface area contributed by atoms with Crippen molar-refractivity contribution < 1.29 is 13.3 Å². The van der Waals surface area contributed by atoms with Gasteiger partial charge < -0.3 is 0 Å². The fourth-order valence-electron chi connectivity index (χ4n) is 3.53. The number of benzene rings is 2. The summed E-state index contributed by atoms with van der Waals surface area (Å²) < 4.78 is 29.8. The molecule has 0 saturated carbocycles. The van der Waals surface area contributed by atoms with Gasteiger partial charge in [-0.3, -0.25) is 19.8 Å². The number of sulfonamides is 1. The molecule has 1 N–H and O–H groups in total. The molecule has 5 aromatic rings. The van der Waals surface area contributed by atoms with Crippen LogP contribution in [-0.2, 0) is 10.0 Å². The van der Waals surface area contributed by atoms with Crippen LogP contribution in [0.3, 0.4) is 0 Å². The van der Waals surface area contributed by atoms with Crippen molar-refractivity contribution in [2.24, 2.45) is 0 Å². The highest BCUT2D eigenvalue weighted by Crippen LogP contribution is 2.26. The van der Waals surface area contributed by atoms with Crippen molar-refractivity contribution in [2.45, 2.75) is 11.8 Å². The monoisotopic (exact) mass is 487 g/mol. The molecule has 0 amide bonds. The van der Waals surface area contributed by atoms with Crippen molar-refractivity contribution in [3.8, 4) is 22.6 Å². The summed E-state index contributed by atoms with van der Waals surface area (Å²) in [6.07, 6.45) is 3.34. The van der Waals surface area contributed by atoms with Gasteiger partial charge >= 0.3 is 0 Å². The van der Waals surface area contributed by atoms with E-state index in [1.54, 1.807) is 66.3 Å². The van der Waals surface area contributed by atoms with Crippen molar-refractivity contribution in [3.63, 3.8) is 0 Å². The average molecular weight is 488 g/mol. The molecule has 0 unspecified atom stereocenters. The predicted octanol–water partition coefficient (Wildman–Crippen LogP) is 3.87. The number of nitro groups is 1. The van der Waals surface area contributed by atoms with E-state index in [2.05, 4.69) is 25.0 Å². The van der Waals surface area contributed by atoms with E-state index >= 15 is 0 Å². The lowest BCUT2D eigenvalue weighted by Crippen LogP contribution is -2.14. The lowest BCUT2D eigenvalue weighted by atomic mass is 10.1. The molecule has 0 radical (unpaired) electrons. The molecular weight excluding hydrogens is 470 g/mol. The summed E-state index contributed by atoms with van der Waals surface area (Å²) in [5.74, 6) is 0.548. The third-order valence-corrected chi connectivity index (χ3v) is 6.81. The summed E-state index contributed by atoms with van der Waals surface area (Å²) in [5, 5.41) is 24.0. The van der Waals surface area contributed by atoms with Crippen LogP contribution < -0.4 is 4.72 Å². The van der Waals surface area contributed by atoms with Crippen molar-refractivity contribution in [1.82, 2.24) is 24.8 Å². The number of nitro benzene ring substituents is 1. The molecule has 11 nitrogen and oxygen atoms in total. The number of non-ortho nitro benzene ring substituents is 1. The van der Waals surface area contributed by atoms with Crippen LogP contribution in [-0.4, -0.2) is 38.1 Å². The smallest absolute Gasteiger partial charge is 0.270 e. The Hall–Kier alpha value is -4.71. The van der Waals surface area contributed by atoms with E-state index in [0.717, 1.165) is 17.2 Å². The van der Waals surface area contributed by atoms with Gasteiger partial charge in [-0.1, -0.05) is 18.2 Å². The van der Waals surface area contributed by atoms with Gasteiger partial charge in [-0.25, -0.2) is 8.42 Å². The molecule has 5 rings (SSSR count). The Morgan fingerprint density at radius 1 is 0.971 bits per heavy atom. The number of hydrogen-bond acceptors (Lipinski definition) is 8.